The number of amides is 2. The third-order valence-corrected chi connectivity index (χ3v) is 5.26. The molecule has 1 saturated heterocycles. The Kier molecular flexibility index (Phi) is 9.57. The Labute approximate surface area is 204 Å². The maximum absolute atomic E-state index is 12.6. The van der Waals surface area contributed by atoms with Crippen LogP contribution in [0.25, 0.3) is 0 Å². The summed E-state index contributed by atoms with van der Waals surface area (Å²) in [5.41, 5.74) is 2.70. The first-order valence-electron chi connectivity index (χ1n) is 9.79. The lowest BCUT2D eigenvalue weighted by atomic mass is 10.1. The van der Waals surface area contributed by atoms with E-state index in [2.05, 4.69) is 15.6 Å². The fourth-order valence-corrected chi connectivity index (χ4v) is 3.42. The first-order chi connectivity index (χ1) is 14.5. The van der Waals surface area contributed by atoms with Gasteiger partial charge in [-0.05, 0) is 35.4 Å². The van der Waals surface area contributed by atoms with Crippen molar-refractivity contribution in [3.05, 3.63) is 70.2 Å². The van der Waals surface area contributed by atoms with Gasteiger partial charge in [-0.25, -0.2) is 0 Å². The number of halogens is 2. The summed E-state index contributed by atoms with van der Waals surface area (Å²) in [5.74, 6) is 0.638. The van der Waals surface area contributed by atoms with Gasteiger partial charge in [-0.1, -0.05) is 35.9 Å². The molecule has 0 aliphatic carbocycles. The smallest absolute Gasteiger partial charge is 0.251 e. The van der Waals surface area contributed by atoms with Gasteiger partial charge in [0.25, 0.3) is 5.91 Å². The van der Waals surface area contributed by atoms with Crippen molar-refractivity contribution >= 4 is 53.4 Å². The van der Waals surface area contributed by atoms with E-state index in [4.69, 9.17) is 11.6 Å². The zero-order chi connectivity index (χ0) is 21.5. The van der Waals surface area contributed by atoms with Gasteiger partial charge in [0.15, 0.2) is 5.96 Å². The molecule has 0 spiro atoms. The van der Waals surface area contributed by atoms with Crippen LogP contribution in [0.3, 0.4) is 0 Å². The van der Waals surface area contributed by atoms with Crippen LogP contribution in [0.4, 0.5) is 0 Å². The molecule has 2 amide bonds. The van der Waals surface area contributed by atoms with E-state index >= 15 is 0 Å². The van der Waals surface area contributed by atoms with Gasteiger partial charge in [-0.2, -0.15) is 0 Å². The number of hydrogen-bond acceptors (Lipinski definition) is 3. The van der Waals surface area contributed by atoms with Gasteiger partial charge >= 0.3 is 0 Å². The predicted molar refractivity (Wildman–Crippen MR) is 134 cm³/mol. The normalized spacial score (nSPS) is 14.2. The largest absolute Gasteiger partial charge is 0.355 e. The molecule has 0 unspecified atom stereocenters. The van der Waals surface area contributed by atoms with Gasteiger partial charge in [0.2, 0.25) is 5.91 Å². The molecule has 2 N–H and O–H groups in total. The van der Waals surface area contributed by atoms with Crippen LogP contribution in [0, 0.1) is 0 Å². The van der Waals surface area contributed by atoms with E-state index in [1.165, 1.54) is 0 Å². The number of carbonyl (C=O) groups is 2. The van der Waals surface area contributed by atoms with Crippen LogP contribution in [0.1, 0.15) is 21.5 Å². The topological polar surface area (TPSA) is 77.0 Å². The molecule has 1 aliphatic rings. The van der Waals surface area contributed by atoms with Crippen molar-refractivity contribution < 1.29 is 9.59 Å². The summed E-state index contributed by atoms with van der Waals surface area (Å²) in [6.45, 7) is 2.74. The lowest BCUT2D eigenvalue weighted by molar-refractivity contribution is -0.135. The van der Waals surface area contributed by atoms with Crippen molar-refractivity contribution in [2.45, 2.75) is 13.1 Å². The molecule has 2 aromatic rings. The molecule has 0 bridgehead atoms. The average Bonchev–Trinajstić information content (AvgIpc) is 2.77. The Morgan fingerprint density at radius 2 is 1.71 bits per heavy atom. The summed E-state index contributed by atoms with van der Waals surface area (Å²) in [5, 5.41) is 6.59. The zero-order valence-electron chi connectivity index (χ0n) is 17.6. The van der Waals surface area contributed by atoms with Crippen LogP contribution in [0.5, 0.6) is 0 Å². The molecule has 1 heterocycles. The third kappa shape index (κ3) is 6.83. The van der Waals surface area contributed by atoms with Crippen LogP contribution in [0.2, 0.25) is 5.02 Å². The minimum atomic E-state index is -0.111. The highest BCUT2D eigenvalue weighted by atomic mass is 127. The minimum Gasteiger partial charge on any atom is -0.355 e. The summed E-state index contributed by atoms with van der Waals surface area (Å²) >= 11 is 5.93. The lowest BCUT2D eigenvalue weighted by Crippen LogP contribution is -2.54. The molecule has 7 nitrogen and oxygen atoms in total. The number of piperazine rings is 1. The standard InChI is InChI=1S/C22H26ClN5O2.HI/c1-24-21(30)18-7-3-16(4-8-18)13-26-22(25-2)28-12-11-27(20(29)15-28)14-17-5-9-19(23)10-6-17;/h3-10H,11-15H2,1-2H3,(H,24,30)(H,25,26);1H. The highest BCUT2D eigenvalue weighted by Crippen LogP contribution is 2.14. The molecule has 166 valence electrons. The molecule has 0 aromatic heterocycles. The Balaban J connectivity index is 0.00000341. The fraction of sp³-hybridized carbons (Fsp3) is 0.318. The molecule has 31 heavy (non-hydrogen) atoms. The second-order valence-corrected chi connectivity index (χ2v) is 7.48. The van der Waals surface area contributed by atoms with Gasteiger partial charge < -0.3 is 20.4 Å². The van der Waals surface area contributed by atoms with E-state index < -0.39 is 0 Å². The molecular formula is C22H27ClIN5O2. The second kappa shape index (κ2) is 11.9. The SMILES string of the molecule is CN=C(NCc1ccc(C(=O)NC)cc1)N1CCN(Cc2ccc(Cl)cc2)C(=O)C1.I. The van der Waals surface area contributed by atoms with E-state index in [9.17, 15) is 9.59 Å². The van der Waals surface area contributed by atoms with Crippen LogP contribution >= 0.6 is 35.6 Å². The molecule has 0 radical (unpaired) electrons. The zero-order valence-corrected chi connectivity index (χ0v) is 20.7. The van der Waals surface area contributed by atoms with E-state index in [0.717, 1.165) is 11.1 Å². The number of guanidine groups is 1. The molecule has 9 heteroatoms. The summed E-state index contributed by atoms with van der Waals surface area (Å²) in [7, 11) is 3.32. The van der Waals surface area contributed by atoms with E-state index in [1.54, 1.807) is 26.2 Å². The Morgan fingerprint density at radius 1 is 1.06 bits per heavy atom. The van der Waals surface area contributed by atoms with Gasteiger partial charge in [-0.3, -0.25) is 14.6 Å². The average molecular weight is 556 g/mol. The highest BCUT2D eigenvalue weighted by molar-refractivity contribution is 14.0. The quantitative estimate of drug-likeness (QED) is 0.338. The Hall–Kier alpha value is -2.33. The van der Waals surface area contributed by atoms with Crippen LogP contribution in [0.15, 0.2) is 53.5 Å². The van der Waals surface area contributed by atoms with Crippen molar-refractivity contribution in [2.75, 3.05) is 33.7 Å². The molecule has 1 fully saturated rings. The van der Waals surface area contributed by atoms with Crippen LogP contribution in [-0.4, -0.2) is 61.3 Å². The Morgan fingerprint density at radius 3 is 2.29 bits per heavy atom. The van der Waals surface area contributed by atoms with Crippen LogP contribution < -0.4 is 10.6 Å². The first-order valence-corrected chi connectivity index (χ1v) is 10.2. The van der Waals surface area contributed by atoms with E-state index in [-0.39, 0.29) is 42.3 Å². The molecule has 0 atom stereocenters. The highest BCUT2D eigenvalue weighted by Gasteiger charge is 2.25. The van der Waals surface area contributed by atoms with Gasteiger partial charge in [0, 0.05) is 50.9 Å². The van der Waals surface area contributed by atoms with E-state index in [1.807, 2.05) is 46.2 Å². The molecule has 3 rings (SSSR count). The van der Waals surface area contributed by atoms with Gasteiger partial charge in [0.1, 0.15) is 0 Å². The summed E-state index contributed by atoms with van der Waals surface area (Å²) < 4.78 is 0. The van der Waals surface area contributed by atoms with Crippen molar-refractivity contribution in [2.24, 2.45) is 4.99 Å². The molecule has 1 aliphatic heterocycles. The predicted octanol–water partition coefficient (Wildman–Crippen LogP) is 2.74. The maximum atomic E-state index is 12.6. The summed E-state index contributed by atoms with van der Waals surface area (Å²) in [6, 6.07) is 14.9. The van der Waals surface area contributed by atoms with E-state index in [0.29, 0.717) is 42.7 Å². The maximum Gasteiger partial charge on any atom is 0.251 e. The minimum absolute atomic E-state index is 0. The number of nitrogens with one attached hydrogen (secondary N) is 2. The molecule has 0 saturated carbocycles. The number of nitrogens with zero attached hydrogens (tertiary/aromatic N) is 3. The first kappa shape index (κ1) is 24.9. The van der Waals surface area contributed by atoms with Crippen molar-refractivity contribution in [3.63, 3.8) is 0 Å². The number of hydrogen-bond donors (Lipinski definition) is 2. The number of benzene rings is 2. The van der Waals surface area contributed by atoms with Gasteiger partial charge in [-0.15, -0.1) is 24.0 Å². The van der Waals surface area contributed by atoms with Crippen molar-refractivity contribution in [3.8, 4) is 0 Å². The fourth-order valence-electron chi connectivity index (χ4n) is 3.30. The van der Waals surface area contributed by atoms with Crippen molar-refractivity contribution in [1.29, 1.82) is 0 Å². The molecular weight excluding hydrogens is 529 g/mol. The Bertz CT molecular complexity index is 919. The number of aliphatic imine (C=N–C) groups is 1. The monoisotopic (exact) mass is 555 g/mol. The summed E-state index contributed by atoms with van der Waals surface area (Å²) in [4.78, 5) is 32.4. The van der Waals surface area contributed by atoms with Crippen molar-refractivity contribution in [1.82, 2.24) is 20.4 Å². The number of rotatable bonds is 5. The van der Waals surface area contributed by atoms with Gasteiger partial charge in [0.05, 0.1) is 6.54 Å². The van der Waals surface area contributed by atoms with Crippen LogP contribution in [-0.2, 0) is 17.9 Å². The molecule has 2 aromatic carbocycles. The summed E-state index contributed by atoms with van der Waals surface area (Å²) in [6.07, 6.45) is 0. The number of carbonyl (C=O) groups excluding carboxylic acids is 2. The lowest BCUT2D eigenvalue weighted by Gasteiger charge is -2.36. The third-order valence-electron chi connectivity index (χ3n) is 5.01. The second-order valence-electron chi connectivity index (χ2n) is 7.04.